The van der Waals surface area contributed by atoms with Crippen LogP contribution in [0.25, 0.3) is 0 Å². The van der Waals surface area contributed by atoms with Crippen LogP contribution in [0.3, 0.4) is 0 Å². The van der Waals surface area contributed by atoms with Gasteiger partial charge in [-0.15, -0.1) is 0 Å². The Balaban J connectivity index is 1.63. The van der Waals surface area contributed by atoms with E-state index in [0.717, 1.165) is 12.8 Å². The van der Waals surface area contributed by atoms with E-state index < -0.39 is 24.0 Å². The third kappa shape index (κ3) is 5.58. The summed E-state index contributed by atoms with van der Waals surface area (Å²) in [4.78, 5) is 40.3. The molecule has 4 N–H and O–H groups in total. The van der Waals surface area contributed by atoms with E-state index in [1.54, 1.807) is 24.2 Å². The van der Waals surface area contributed by atoms with Crippen molar-refractivity contribution in [2.75, 3.05) is 26.2 Å². The molecular formula is C23H34N4O5. The summed E-state index contributed by atoms with van der Waals surface area (Å²) in [6.07, 6.45) is 1.04. The standard InChI is InChI=1S/C23H34N4O5/c1-15(2)27(23(30)31)14-16-12-19(21(28)25-32)20(24-13-16)22(29)26-10-8-18(9-11-26)17-6-4-3-5-7-17/h3-7,15-16,18-20,24,32H,8-14H2,1-2H3,(H,25,28)(H,30,31)/t16?,19-,20-/m0/s1. The fraction of sp³-hybridized carbons (Fsp3) is 0.609. The van der Waals surface area contributed by atoms with Crippen LogP contribution in [-0.4, -0.2) is 76.3 Å². The van der Waals surface area contributed by atoms with Gasteiger partial charge in [-0.25, -0.2) is 10.3 Å². The number of amides is 3. The first-order valence-corrected chi connectivity index (χ1v) is 11.3. The number of nitrogens with one attached hydrogen (secondary N) is 2. The number of rotatable bonds is 6. The Kier molecular flexibility index (Phi) is 8.09. The predicted octanol–water partition coefficient (Wildman–Crippen LogP) is 1.88. The summed E-state index contributed by atoms with van der Waals surface area (Å²) in [5, 5.41) is 21.9. The lowest BCUT2D eigenvalue weighted by atomic mass is 9.82. The summed E-state index contributed by atoms with van der Waals surface area (Å²) in [6.45, 7) is 5.53. The molecule has 2 fully saturated rings. The Labute approximate surface area is 188 Å². The first-order valence-electron chi connectivity index (χ1n) is 11.3. The topological polar surface area (TPSA) is 122 Å². The van der Waals surface area contributed by atoms with Gasteiger partial charge in [0, 0.05) is 32.2 Å². The highest BCUT2D eigenvalue weighted by molar-refractivity contribution is 5.90. The molecule has 32 heavy (non-hydrogen) atoms. The van der Waals surface area contributed by atoms with Crippen molar-refractivity contribution in [3.8, 4) is 0 Å². The summed E-state index contributed by atoms with van der Waals surface area (Å²) in [5.74, 6) is -1.24. The van der Waals surface area contributed by atoms with E-state index in [-0.39, 0.29) is 24.4 Å². The summed E-state index contributed by atoms with van der Waals surface area (Å²) in [5.41, 5.74) is 2.97. The zero-order valence-electron chi connectivity index (χ0n) is 18.7. The molecule has 0 spiro atoms. The normalized spacial score (nSPS) is 24.2. The minimum atomic E-state index is -1.01. The highest BCUT2D eigenvalue weighted by Crippen LogP contribution is 2.30. The second-order valence-electron chi connectivity index (χ2n) is 9.11. The number of benzene rings is 1. The highest BCUT2D eigenvalue weighted by atomic mass is 16.5. The van der Waals surface area contributed by atoms with Gasteiger partial charge < -0.3 is 20.2 Å². The van der Waals surface area contributed by atoms with Crippen molar-refractivity contribution in [1.29, 1.82) is 0 Å². The van der Waals surface area contributed by atoms with Gasteiger partial charge in [0.1, 0.15) is 0 Å². The molecule has 2 heterocycles. The van der Waals surface area contributed by atoms with Gasteiger partial charge in [-0.05, 0) is 50.5 Å². The molecule has 3 atom stereocenters. The van der Waals surface area contributed by atoms with Crippen molar-refractivity contribution >= 4 is 17.9 Å². The Bertz CT molecular complexity index is 795. The lowest BCUT2D eigenvalue weighted by molar-refractivity contribution is -0.145. The van der Waals surface area contributed by atoms with Crippen LogP contribution in [0.15, 0.2) is 30.3 Å². The first kappa shape index (κ1) is 24.0. The van der Waals surface area contributed by atoms with Crippen molar-refractivity contribution in [2.24, 2.45) is 11.8 Å². The molecule has 2 aliphatic heterocycles. The van der Waals surface area contributed by atoms with E-state index >= 15 is 0 Å². The third-order valence-corrected chi connectivity index (χ3v) is 6.73. The molecule has 3 amide bonds. The smallest absolute Gasteiger partial charge is 0.407 e. The summed E-state index contributed by atoms with van der Waals surface area (Å²) >= 11 is 0. The number of likely N-dealkylation sites (tertiary alicyclic amines) is 1. The molecule has 9 heteroatoms. The van der Waals surface area contributed by atoms with Gasteiger partial charge in [0.2, 0.25) is 11.8 Å². The lowest BCUT2D eigenvalue weighted by Crippen LogP contribution is -2.60. The SMILES string of the molecule is CC(C)N(CC1CN[C@H](C(=O)N2CCC(c3ccccc3)CC2)[C@@H](C(=O)NO)C1)C(=O)O. The molecular weight excluding hydrogens is 412 g/mol. The molecule has 0 radical (unpaired) electrons. The number of hydrogen-bond acceptors (Lipinski definition) is 5. The zero-order valence-corrected chi connectivity index (χ0v) is 18.7. The number of hydroxylamine groups is 1. The molecule has 2 saturated heterocycles. The minimum absolute atomic E-state index is 0.135. The maximum atomic E-state index is 13.3. The molecule has 2 aliphatic rings. The van der Waals surface area contributed by atoms with Gasteiger partial charge in [-0.2, -0.15) is 0 Å². The predicted molar refractivity (Wildman–Crippen MR) is 118 cm³/mol. The van der Waals surface area contributed by atoms with E-state index in [1.807, 2.05) is 18.2 Å². The molecule has 0 bridgehead atoms. The Hall–Kier alpha value is -2.65. The number of carbonyl (C=O) groups excluding carboxylic acids is 2. The quantitative estimate of drug-likeness (QED) is 0.391. The Morgan fingerprint density at radius 3 is 2.41 bits per heavy atom. The van der Waals surface area contributed by atoms with Crippen molar-refractivity contribution in [1.82, 2.24) is 20.6 Å². The van der Waals surface area contributed by atoms with Gasteiger partial charge in [-0.1, -0.05) is 30.3 Å². The molecule has 3 rings (SSSR count). The van der Waals surface area contributed by atoms with Gasteiger partial charge in [0.15, 0.2) is 0 Å². The fourth-order valence-electron chi connectivity index (χ4n) is 4.90. The van der Waals surface area contributed by atoms with Gasteiger partial charge in [0.25, 0.3) is 0 Å². The fourth-order valence-corrected chi connectivity index (χ4v) is 4.90. The van der Waals surface area contributed by atoms with E-state index in [1.165, 1.54) is 10.5 Å². The van der Waals surface area contributed by atoms with Crippen molar-refractivity contribution in [3.63, 3.8) is 0 Å². The van der Waals surface area contributed by atoms with E-state index in [9.17, 15) is 24.7 Å². The van der Waals surface area contributed by atoms with E-state index in [0.29, 0.717) is 32.0 Å². The number of carbonyl (C=O) groups is 3. The van der Waals surface area contributed by atoms with Gasteiger partial charge in [0.05, 0.1) is 12.0 Å². The van der Waals surface area contributed by atoms with Crippen LogP contribution in [-0.2, 0) is 9.59 Å². The average molecular weight is 447 g/mol. The van der Waals surface area contributed by atoms with Crippen molar-refractivity contribution in [2.45, 2.75) is 51.1 Å². The Morgan fingerprint density at radius 1 is 1.19 bits per heavy atom. The van der Waals surface area contributed by atoms with Crippen molar-refractivity contribution in [3.05, 3.63) is 35.9 Å². The number of piperidine rings is 2. The largest absolute Gasteiger partial charge is 0.465 e. The monoisotopic (exact) mass is 446 g/mol. The second kappa shape index (κ2) is 10.8. The second-order valence-corrected chi connectivity index (χ2v) is 9.11. The van der Waals surface area contributed by atoms with E-state index in [2.05, 4.69) is 17.4 Å². The van der Waals surface area contributed by atoms with Crippen LogP contribution in [0.2, 0.25) is 0 Å². The van der Waals surface area contributed by atoms with Crippen LogP contribution in [0.1, 0.15) is 44.6 Å². The van der Waals surface area contributed by atoms with Crippen LogP contribution < -0.4 is 10.8 Å². The van der Waals surface area contributed by atoms with Crippen LogP contribution in [0.5, 0.6) is 0 Å². The molecule has 0 saturated carbocycles. The Morgan fingerprint density at radius 2 is 1.84 bits per heavy atom. The molecule has 176 valence electrons. The molecule has 1 aromatic rings. The number of nitrogens with zero attached hydrogens (tertiary/aromatic N) is 2. The van der Waals surface area contributed by atoms with Crippen molar-refractivity contribution < 1.29 is 24.7 Å². The lowest BCUT2D eigenvalue weighted by Gasteiger charge is -2.41. The summed E-state index contributed by atoms with van der Waals surface area (Å²) < 4.78 is 0. The zero-order chi connectivity index (χ0) is 23.3. The van der Waals surface area contributed by atoms with E-state index in [4.69, 9.17) is 0 Å². The molecule has 1 aromatic carbocycles. The van der Waals surface area contributed by atoms with Crippen LogP contribution in [0, 0.1) is 11.8 Å². The average Bonchev–Trinajstić information content (AvgIpc) is 2.81. The maximum absolute atomic E-state index is 13.3. The van der Waals surface area contributed by atoms with Crippen LogP contribution >= 0.6 is 0 Å². The summed E-state index contributed by atoms with van der Waals surface area (Å²) in [7, 11) is 0. The molecule has 1 unspecified atom stereocenters. The maximum Gasteiger partial charge on any atom is 0.407 e. The van der Waals surface area contributed by atoms with Crippen LogP contribution in [0.4, 0.5) is 4.79 Å². The molecule has 9 nitrogen and oxygen atoms in total. The molecule has 0 aromatic heterocycles. The first-order chi connectivity index (χ1) is 15.3. The highest BCUT2D eigenvalue weighted by Gasteiger charge is 2.42. The molecule has 0 aliphatic carbocycles. The minimum Gasteiger partial charge on any atom is -0.465 e. The van der Waals surface area contributed by atoms with Gasteiger partial charge >= 0.3 is 6.09 Å². The summed E-state index contributed by atoms with van der Waals surface area (Å²) in [6, 6.07) is 9.35. The third-order valence-electron chi connectivity index (χ3n) is 6.73. The number of hydrogen-bond donors (Lipinski definition) is 4. The van der Waals surface area contributed by atoms with Gasteiger partial charge in [-0.3, -0.25) is 14.8 Å². The number of carboxylic acid groups (broad SMARTS) is 1.